The van der Waals surface area contributed by atoms with E-state index < -0.39 is 52.4 Å². The third-order valence-electron chi connectivity index (χ3n) is 6.83. The van der Waals surface area contributed by atoms with Crippen LogP contribution in [0.2, 0.25) is 0 Å². The Labute approximate surface area is 231 Å². The van der Waals surface area contributed by atoms with E-state index in [9.17, 15) is 23.1 Å². The molecular formula is C29H30F2N2O6S. The zero-order valence-electron chi connectivity index (χ0n) is 21.5. The second kappa shape index (κ2) is 12.7. The summed E-state index contributed by atoms with van der Waals surface area (Å²) >= 11 is 0. The fourth-order valence-electron chi connectivity index (χ4n) is 4.78. The summed E-state index contributed by atoms with van der Waals surface area (Å²) in [6, 6.07) is 18.5. The van der Waals surface area contributed by atoms with Crippen LogP contribution in [0.15, 0.2) is 95.9 Å². The molecular weight excluding hydrogens is 542 g/mol. The molecule has 1 unspecified atom stereocenters. The van der Waals surface area contributed by atoms with Crippen molar-refractivity contribution >= 4 is 21.9 Å². The molecule has 1 aliphatic heterocycles. The Morgan fingerprint density at radius 1 is 0.925 bits per heavy atom. The van der Waals surface area contributed by atoms with Gasteiger partial charge in [-0.15, -0.1) is 0 Å². The highest BCUT2D eigenvalue weighted by Gasteiger charge is 2.54. The second-order valence-electron chi connectivity index (χ2n) is 9.58. The third kappa shape index (κ3) is 6.90. The monoisotopic (exact) mass is 572 g/mol. The number of amides is 1. The Kier molecular flexibility index (Phi) is 9.28. The number of benzene rings is 3. The summed E-state index contributed by atoms with van der Waals surface area (Å²) in [5.74, 6) is -5.98. The number of alkyl halides is 2. The van der Waals surface area contributed by atoms with Crippen LogP contribution < -0.4 is 4.72 Å². The number of hydrogen-bond acceptors (Lipinski definition) is 5. The van der Waals surface area contributed by atoms with Crippen LogP contribution in [0.1, 0.15) is 17.5 Å². The number of rotatable bonds is 12. The molecule has 1 heterocycles. The van der Waals surface area contributed by atoms with Crippen molar-refractivity contribution in [3.63, 3.8) is 0 Å². The Morgan fingerprint density at radius 2 is 1.45 bits per heavy atom. The first-order valence-corrected chi connectivity index (χ1v) is 14.2. The van der Waals surface area contributed by atoms with Crippen molar-refractivity contribution in [3.8, 4) is 0 Å². The number of halogens is 2. The number of carbonyl (C=O) groups is 2. The van der Waals surface area contributed by atoms with Crippen LogP contribution in [-0.4, -0.2) is 67.6 Å². The van der Waals surface area contributed by atoms with Gasteiger partial charge in [0, 0.05) is 13.0 Å². The molecule has 2 N–H and O–H groups in total. The van der Waals surface area contributed by atoms with Gasteiger partial charge in [0.1, 0.15) is 6.04 Å². The van der Waals surface area contributed by atoms with Gasteiger partial charge >= 0.3 is 12.0 Å². The van der Waals surface area contributed by atoms with Gasteiger partial charge in [-0.3, -0.25) is 9.69 Å². The fourth-order valence-corrected chi connectivity index (χ4v) is 6.04. The van der Waals surface area contributed by atoms with E-state index in [0.29, 0.717) is 11.1 Å². The SMILES string of the molecule is O=C(O)N([C@H]1CCOC1)[C@@H](Cc1ccccc1)C(=O)C(F)(F)C(Cc1ccccc1)NS(=O)(=O)c1ccccc1. The van der Waals surface area contributed by atoms with Gasteiger partial charge in [-0.25, -0.2) is 17.9 Å². The quantitative estimate of drug-likeness (QED) is 0.337. The van der Waals surface area contributed by atoms with Crippen LogP contribution in [0, 0.1) is 0 Å². The highest BCUT2D eigenvalue weighted by Crippen LogP contribution is 2.31. The molecule has 1 saturated heterocycles. The first-order valence-electron chi connectivity index (χ1n) is 12.8. The molecule has 11 heteroatoms. The summed E-state index contributed by atoms with van der Waals surface area (Å²) < 4.78 is 66.3. The second-order valence-corrected chi connectivity index (χ2v) is 11.3. The number of ketones is 1. The minimum atomic E-state index is -4.47. The van der Waals surface area contributed by atoms with Crippen LogP contribution in [0.3, 0.4) is 0 Å². The van der Waals surface area contributed by atoms with E-state index in [0.717, 1.165) is 4.90 Å². The lowest BCUT2D eigenvalue weighted by atomic mass is 9.90. The van der Waals surface area contributed by atoms with Gasteiger partial charge in [-0.1, -0.05) is 78.9 Å². The summed E-state index contributed by atoms with van der Waals surface area (Å²) in [5.41, 5.74) is 0.848. The predicted molar refractivity (Wildman–Crippen MR) is 144 cm³/mol. The number of hydrogen-bond donors (Lipinski definition) is 2. The molecule has 3 aromatic carbocycles. The maximum absolute atomic E-state index is 16.3. The Balaban J connectivity index is 1.74. The first-order chi connectivity index (χ1) is 19.1. The zero-order chi connectivity index (χ0) is 28.8. The fraction of sp³-hybridized carbons (Fsp3) is 0.310. The van der Waals surface area contributed by atoms with Crippen molar-refractivity contribution < 1.29 is 36.6 Å². The van der Waals surface area contributed by atoms with E-state index in [2.05, 4.69) is 0 Å². The first kappa shape index (κ1) is 29.3. The average molecular weight is 573 g/mol. The van der Waals surface area contributed by atoms with Crippen LogP contribution >= 0.6 is 0 Å². The molecule has 3 aromatic rings. The number of sulfonamides is 1. The van der Waals surface area contributed by atoms with Crippen LogP contribution in [0.25, 0.3) is 0 Å². The zero-order valence-corrected chi connectivity index (χ0v) is 22.3. The van der Waals surface area contributed by atoms with E-state index >= 15 is 8.78 Å². The molecule has 0 aromatic heterocycles. The molecule has 0 spiro atoms. The van der Waals surface area contributed by atoms with E-state index in [1.807, 2.05) is 4.72 Å². The molecule has 212 valence electrons. The van der Waals surface area contributed by atoms with Crippen molar-refractivity contribution in [1.29, 1.82) is 0 Å². The number of Topliss-reactive ketones (excluding diaryl/α,β-unsaturated/α-hetero) is 1. The van der Waals surface area contributed by atoms with Crippen molar-refractivity contribution in [1.82, 2.24) is 9.62 Å². The number of ether oxygens (including phenoxy) is 1. The van der Waals surface area contributed by atoms with Gasteiger partial charge in [-0.2, -0.15) is 8.78 Å². The van der Waals surface area contributed by atoms with Crippen molar-refractivity contribution in [2.75, 3.05) is 13.2 Å². The standard InChI is InChI=1S/C29H30F2N2O6S/c30-29(31,26(19-22-12-6-2-7-13-22)32-40(37,38)24-14-8-3-9-15-24)27(34)25(18-21-10-4-1-5-11-21)33(28(35)36)23-16-17-39-20-23/h1-15,23,25-26,32H,16-20H2,(H,35,36)/t23-,25-,26?/m0/s1. The summed E-state index contributed by atoms with van der Waals surface area (Å²) in [6.07, 6.45) is -2.12. The van der Waals surface area contributed by atoms with Gasteiger partial charge in [-0.05, 0) is 36.1 Å². The molecule has 0 radical (unpaired) electrons. The van der Waals surface area contributed by atoms with Gasteiger partial charge in [0.15, 0.2) is 0 Å². The Morgan fingerprint density at radius 3 is 1.95 bits per heavy atom. The molecule has 0 bridgehead atoms. The summed E-state index contributed by atoms with van der Waals surface area (Å²) in [7, 11) is -4.47. The van der Waals surface area contributed by atoms with Crippen molar-refractivity contribution in [2.45, 2.75) is 48.2 Å². The smallest absolute Gasteiger partial charge is 0.408 e. The number of nitrogens with one attached hydrogen (secondary N) is 1. The molecule has 1 amide bonds. The highest BCUT2D eigenvalue weighted by atomic mass is 32.2. The normalized spacial score (nSPS) is 17.2. The maximum Gasteiger partial charge on any atom is 0.408 e. The van der Waals surface area contributed by atoms with E-state index in [1.165, 1.54) is 24.3 Å². The summed E-state index contributed by atoms with van der Waals surface area (Å²) in [5, 5.41) is 10.1. The molecule has 0 aliphatic carbocycles. The lowest BCUT2D eigenvalue weighted by Gasteiger charge is -2.36. The van der Waals surface area contributed by atoms with Crippen LogP contribution in [0.4, 0.5) is 13.6 Å². The number of carboxylic acid groups (broad SMARTS) is 1. The molecule has 40 heavy (non-hydrogen) atoms. The summed E-state index contributed by atoms with van der Waals surface area (Å²) in [6.45, 7) is 0.190. The van der Waals surface area contributed by atoms with E-state index in [-0.39, 0.29) is 31.0 Å². The van der Waals surface area contributed by atoms with Crippen LogP contribution in [-0.2, 0) is 32.4 Å². The highest BCUT2D eigenvalue weighted by molar-refractivity contribution is 7.89. The molecule has 1 fully saturated rings. The van der Waals surface area contributed by atoms with Crippen LogP contribution in [0.5, 0.6) is 0 Å². The van der Waals surface area contributed by atoms with E-state index in [4.69, 9.17) is 4.74 Å². The minimum Gasteiger partial charge on any atom is -0.465 e. The van der Waals surface area contributed by atoms with Gasteiger partial charge < -0.3 is 9.84 Å². The lowest BCUT2D eigenvalue weighted by molar-refractivity contribution is -0.152. The number of carbonyl (C=O) groups excluding carboxylic acids is 1. The van der Waals surface area contributed by atoms with Crippen molar-refractivity contribution in [2.24, 2.45) is 0 Å². The molecule has 8 nitrogen and oxygen atoms in total. The van der Waals surface area contributed by atoms with Gasteiger partial charge in [0.25, 0.3) is 0 Å². The molecule has 4 rings (SSSR count). The number of nitrogens with zero attached hydrogens (tertiary/aromatic N) is 1. The average Bonchev–Trinajstić information content (AvgIpc) is 3.47. The third-order valence-corrected chi connectivity index (χ3v) is 8.32. The van der Waals surface area contributed by atoms with Gasteiger partial charge in [0.05, 0.1) is 23.6 Å². The van der Waals surface area contributed by atoms with Crippen molar-refractivity contribution in [3.05, 3.63) is 102 Å². The molecule has 3 atom stereocenters. The Bertz CT molecular complexity index is 1390. The maximum atomic E-state index is 16.3. The largest absolute Gasteiger partial charge is 0.465 e. The summed E-state index contributed by atoms with van der Waals surface area (Å²) in [4.78, 5) is 26.7. The van der Waals surface area contributed by atoms with E-state index in [1.54, 1.807) is 66.7 Å². The lowest BCUT2D eigenvalue weighted by Crippen LogP contribution is -2.61. The van der Waals surface area contributed by atoms with Gasteiger partial charge in [0.2, 0.25) is 15.8 Å². The molecule has 0 saturated carbocycles. The minimum absolute atomic E-state index is 0.0372. The predicted octanol–water partition coefficient (Wildman–Crippen LogP) is 4.16. The topological polar surface area (TPSA) is 113 Å². The Hall–Kier alpha value is -3.67. The molecule has 1 aliphatic rings.